The molecule has 0 saturated heterocycles. The Labute approximate surface area is 132 Å². The van der Waals surface area contributed by atoms with Gasteiger partial charge in [0.1, 0.15) is 5.76 Å². The molecule has 2 saturated carbocycles. The molecule has 1 N–H and O–H groups in total. The quantitative estimate of drug-likeness (QED) is 0.839. The van der Waals surface area contributed by atoms with Crippen molar-refractivity contribution >= 4 is 11.7 Å². The van der Waals surface area contributed by atoms with Gasteiger partial charge in [0.05, 0.1) is 0 Å². The highest BCUT2D eigenvalue weighted by Crippen LogP contribution is 2.32. The van der Waals surface area contributed by atoms with E-state index < -0.39 is 0 Å². The van der Waals surface area contributed by atoms with Gasteiger partial charge < -0.3 is 9.84 Å². The van der Waals surface area contributed by atoms with Gasteiger partial charge in [-0.1, -0.05) is 24.4 Å². The first-order valence-electron chi connectivity index (χ1n) is 8.68. The number of hydrogen-bond donors (Lipinski definition) is 1. The van der Waals surface area contributed by atoms with Crippen LogP contribution in [0, 0.1) is 12.8 Å². The van der Waals surface area contributed by atoms with E-state index in [0.29, 0.717) is 24.0 Å². The Kier molecular flexibility index (Phi) is 5.13. The molecule has 1 amide bonds. The maximum atomic E-state index is 12.1. The molecule has 0 radical (unpaired) electrons. The van der Waals surface area contributed by atoms with Crippen molar-refractivity contribution in [2.24, 2.45) is 5.92 Å². The maximum Gasteiger partial charge on any atom is 0.226 e. The van der Waals surface area contributed by atoms with Crippen LogP contribution in [0.5, 0.6) is 0 Å². The van der Waals surface area contributed by atoms with Crippen LogP contribution >= 0.6 is 0 Å². The number of anilines is 1. The van der Waals surface area contributed by atoms with Gasteiger partial charge in [0.2, 0.25) is 5.91 Å². The first kappa shape index (κ1) is 15.5. The zero-order valence-electron chi connectivity index (χ0n) is 13.5. The van der Waals surface area contributed by atoms with E-state index in [1.54, 1.807) is 6.07 Å². The average Bonchev–Trinajstić information content (AvgIpc) is 3.26. The highest BCUT2D eigenvalue weighted by Gasteiger charge is 2.29. The third kappa shape index (κ3) is 4.57. The van der Waals surface area contributed by atoms with Crippen molar-refractivity contribution in [3.05, 3.63) is 11.8 Å². The first-order chi connectivity index (χ1) is 10.7. The number of aromatic nitrogens is 1. The third-order valence-corrected chi connectivity index (χ3v) is 4.80. The summed E-state index contributed by atoms with van der Waals surface area (Å²) in [6, 6.07) is 2.44. The lowest BCUT2D eigenvalue weighted by Crippen LogP contribution is -2.40. The molecule has 0 atom stereocenters. The Bertz CT molecular complexity index is 490. The van der Waals surface area contributed by atoms with Crippen LogP contribution in [0.15, 0.2) is 10.6 Å². The molecular weight excluding hydrogens is 278 g/mol. The predicted molar refractivity (Wildman–Crippen MR) is 85.7 cm³/mol. The van der Waals surface area contributed by atoms with Gasteiger partial charge in [-0.3, -0.25) is 9.69 Å². The van der Waals surface area contributed by atoms with Crippen molar-refractivity contribution in [2.45, 2.75) is 64.3 Å². The summed E-state index contributed by atoms with van der Waals surface area (Å²) in [6.07, 6.45) is 9.94. The van der Waals surface area contributed by atoms with Crippen molar-refractivity contribution in [3.63, 3.8) is 0 Å². The van der Waals surface area contributed by atoms with Crippen molar-refractivity contribution in [1.82, 2.24) is 10.1 Å². The smallest absolute Gasteiger partial charge is 0.226 e. The number of hydrogen-bond acceptors (Lipinski definition) is 4. The molecule has 1 heterocycles. The Morgan fingerprint density at radius 3 is 2.73 bits per heavy atom. The average molecular weight is 305 g/mol. The largest absolute Gasteiger partial charge is 0.360 e. The topological polar surface area (TPSA) is 58.4 Å². The van der Waals surface area contributed by atoms with E-state index in [4.69, 9.17) is 4.52 Å². The zero-order chi connectivity index (χ0) is 15.4. The van der Waals surface area contributed by atoms with Crippen LogP contribution in [0.25, 0.3) is 0 Å². The summed E-state index contributed by atoms with van der Waals surface area (Å²) in [6.45, 7) is 3.87. The minimum atomic E-state index is 0.0323. The summed E-state index contributed by atoms with van der Waals surface area (Å²) in [7, 11) is 0. The van der Waals surface area contributed by atoms with E-state index in [9.17, 15) is 4.79 Å². The van der Waals surface area contributed by atoms with E-state index in [1.807, 2.05) is 6.92 Å². The molecule has 3 rings (SSSR count). The summed E-state index contributed by atoms with van der Waals surface area (Å²) in [5, 5.41) is 6.63. The molecule has 1 aromatic rings. The van der Waals surface area contributed by atoms with Crippen molar-refractivity contribution in [1.29, 1.82) is 0 Å². The monoisotopic (exact) mass is 305 g/mol. The summed E-state index contributed by atoms with van der Waals surface area (Å²) >= 11 is 0. The van der Waals surface area contributed by atoms with Gasteiger partial charge in [0.25, 0.3) is 0 Å². The van der Waals surface area contributed by atoms with Gasteiger partial charge in [-0.2, -0.15) is 0 Å². The SMILES string of the molecule is Cc1cc(NC(=O)CCN(CC2CC2)C2CCCCC2)no1. The minimum Gasteiger partial charge on any atom is -0.360 e. The molecule has 0 spiro atoms. The van der Waals surface area contributed by atoms with E-state index in [1.165, 1.54) is 51.5 Å². The van der Waals surface area contributed by atoms with E-state index >= 15 is 0 Å². The molecule has 0 aliphatic heterocycles. The molecular formula is C17H27N3O2. The van der Waals surface area contributed by atoms with Crippen LogP contribution in [-0.2, 0) is 4.79 Å². The van der Waals surface area contributed by atoms with Gasteiger partial charge in [0, 0.05) is 31.6 Å². The minimum absolute atomic E-state index is 0.0323. The highest BCUT2D eigenvalue weighted by atomic mass is 16.5. The zero-order valence-corrected chi connectivity index (χ0v) is 13.5. The number of aryl methyl sites for hydroxylation is 1. The molecule has 0 unspecified atom stereocenters. The van der Waals surface area contributed by atoms with Gasteiger partial charge in [0.15, 0.2) is 5.82 Å². The second-order valence-corrected chi connectivity index (χ2v) is 6.85. The highest BCUT2D eigenvalue weighted by molar-refractivity contribution is 5.89. The number of carbonyl (C=O) groups excluding carboxylic acids is 1. The third-order valence-electron chi connectivity index (χ3n) is 4.80. The van der Waals surface area contributed by atoms with E-state index in [-0.39, 0.29) is 5.91 Å². The number of nitrogens with zero attached hydrogens (tertiary/aromatic N) is 2. The lowest BCUT2D eigenvalue weighted by atomic mass is 9.94. The van der Waals surface area contributed by atoms with E-state index in [0.717, 1.165) is 12.5 Å². The lowest BCUT2D eigenvalue weighted by Gasteiger charge is -2.34. The van der Waals surface area contributed by atoms with E-state index in [2.05, 4.69) is 15.4 Å². The molecule has 122 valence electrons. The molecule has 0 bridgehead atoms. The van der Waals surface area contributed by atoms with Crippen LogP contribution in [-0.4, -0.2) is 35.1 Å². The standard InChI is InChI=1S/C17H27N3O2/c1-13-11-16(19-22-13)18-17(21)9-10-20(12-14-7-8-14)15-5-3-2-4-6-15/h11,14-15H,2-10,12H2,1H3,(H,18,19,21). The molecule has 1 aromatic heterocycles. The maximum absolute atomic E-state index is 12.1. The second-order valence-electron chi connectivity index (χ2n) is 6.85. The van der Waals surface area contributed by atoms with Crippen LogP contribution < -0.4 is 5.32 Å². The van der Waals surface area contributed by atoms with Gasteiger partial charge in [-0.05, 0) is 38.5 Å². The summed E-state index contributed by atoms with van der Waals surface area (Å²) in [5.41, 5.74) is 0. The van der Waals surface area contributed by atoms with Gasteiger partial charge in [-0.15, -0.1) is 0 Å². The molecule has 2 aliphatic carbocycles. The second kappa shape index (κ2) is 7.27. The Morgan fingerprint density at radius 2 is 2.09 bits per heavy atom. The number of carbonyl (C=O) groups is 1. The van der Waals surface area contributed by atoms with Gasteiger partial charge in [-0.25, -0.2) is 0 Å². The predicted octanol–water partition coefficient (Wildman–Crippen LogP) is 3.36. The summed E-state index contributed by atoms with van der Waals surface area (Å²) in [4.78, 5) is 14.7. The summed E-state index contributed by atoms with van der Waals surface area (Å²) in [5.74, 6) is 2.15. The number of rotatable bonds is 7. The first-order valence-corrected chi connectivity index (χ1v) is 8.68. The Balaban J connectivity index is 1.48. The van der Waals surface area contributed by atoms with Crippen molar-refractivity contribution in [2.75, 3.05) is 18.4 Å². The number of amides is 1. The van der Waals surface area contributed by atoms with Crippen molar-refractivity contribution in [3.8, 4) is 0 Å². The molecule has 22 heavy (non-hydrogen) atoms. The Hall–Kier alpha value is -1.36. The molecule has 5 nitrogen and oxygen atoms in total. The van der Waals surface area contributed by atoms with Crippen LogP contribution in [0.3, 0.4) is 0 Å². The molecule has 0 aromatic carbocycles. The molecule has 5 heteroatoms. The molecule has 2 aliphatic rings. The number of nitrogens with one attached hydrogen (secondary N) is 1. The van der Waals surface area contributed by atoms with Gasteiger partial charge >= 0.3 is 0 Å². The van der Waals surface area contributed by atoms with Crippen LogP contribution in [0.4, 0.5) is 5.82 Å². The lowest BCUT2D eigenvalue weighted by molar-refractivity contribution is -0.116. The normalized spacial score (nSPS) is 19.5. The fourth-order valence-corrected chi connectivity index (χ4v) is 3.38. The fourth-order valence-electron chi connectivity index (χ4n) is 3.38. The fraction of sp³-hybridized carbons (Fsp3) is 0.765. The van der Waals surface area contributed by atoms with Crippen LogP contribution in [0.2, 0.25) is 0 Å². The Morgan fingerprint density at radius 1 is 1.32 bits per heavy atom. The van der Waals surface area contributed by atoms with Crippen molar-refractivity contribution < 1.29 is 9.32 Å². The molecule has 2 fully saturated rings. The van der Waals surface area contributed by atoms with Crippen LogP contribution in [0.1, 0.15) is 57.1 Å². The summed E-state index contributed by atoms with van der Waals surface area (Å²) < 4.78 is 4.97.